The van der Waals surface area contributed by atoms with E-state index in [0.29, 0.717) is 17.8 Å². The average Bonchev–Trinajstić information content (AvgIpc) is 2.85. The van der Waals surface area contributed by atoms with Crippen molar-refractivity contribution in [1.82, 2.24) is 15.1 Å². The number of urea groups is 1. The molecule has 2 N–H and O–H groups in total. The van der Waals surface area contributed by atoms with Crippen LogP contribution >= 0.6 is 11.8 Å². The SMILES string of the molecule is CN1CCN(CCNC(=O)Nc2ccc3c(c2)N(C)C(=O)c2ccccc2S3)CC1. The van der Waals surface area contributed by atoms with Crippen molar-refractivity contribution in [2.24, 2.45) is 0 Å². The Hall–Kier alpha value is -2.55. The van der Waals surface area contributed by atoms with Crippen LogP contribution in [0.1, 0.15) is 10.4 Å². The Kier molecular flexibility index (Phi) is 6.26. The van der Waals surface area contributed by atoms with E-state index >= 15 is 0 Å². The summed E-state index contributed by atoms with van der Waals surface area (Å²) in [6, 6.07) is 13.1. The molecule has 2 aromatic carbocycles. The summed E-state index contributed by atoms with van der Waals surface area (Å²) in [5, 5.41) is 5.81. The molecule has 4 rings (SSSR count). The fraction of sp³-hybridized carbons (Fsp3) is 0.364. The Labute approximate surface area is 181 Å². The van der Waals surface area contributed by atoms with Crippen LogP contribution in [0.2, 0.25) is 0 Å². The zero-order chi connectivity index (χ0) is 21.1. The maximum Gasteiger partial charge on any atom is 0.319 e. The van der Waals surface area contributed by atoms with Gasteiger partial charge in [0.25, 0.3) is 5.91 Å². The van der Waals surface area contributed by atoms with Gasteiger partial charge in [0.15, 0.2) is 0 Å². The number of hydrogen-bond acceptors (Lipinski definition) is 5. The summed E-state index contributed by atoms with van der Waals surface area (Å²) in [5.41, 5.74) is 2.14. The quantitative estimate of drug-likeness (QED) is 0.789. The first kappa shape index (κ1) is 20.7. The molecule has 2 aromatic rings. The third-order valence-corrected chi connectivity index (χ3v) is 6.67. The smallest absolute Gasteiger partial charge is 0.319 e. The molecule has 7 nitrogen and oxygen atoms in total. The molecule has 3 amide bonds. The molecule has 0 aromatic heterocycles. The highest BCUT2D eigenvalue weighted by Gasteiger charge is 2.24. The lowest BCUT2D eigenvalue weighted by molar-refractivity contribution is 0.0990. The van der Waals surface area contributed by atoms with Gasteiger partial charge in [0.05, 0.1) is 11.3 Å². The van der Waals surface area contributed by atoms with Crippen LogP contribution < -0.4 is 15.5 Å². The number of piperazine rings is 1. The van der Waals surface area contributed by atoms with Crippen LogP contribution in [-0.4, -0.2) is 75.1 Å². The summed E-state index contributed by atoms with van der Waals surface area (Å²) in [6.07, 6.45) is 0. The summed E-state index contributed by atoms with van der Waals surface area (Å²) < 4.78 is 0. The number of likely N-dealkylation sites (N-methyl/N-ethyl adjacent to an activating group) is 1. The number of nitrogens with zero attached hydrogens (tertiary/aromatic N) is 3. The van der Waals surface area contributed by atoms with E-state index in [1.165, 1.54) is 0 Å². The largest absolute Gasteiger partial charge is 0.337 e. The second-order valence-corrected chi connectivity index (χ2v) is 8.75. The normalized spacial score (nSPS) is 17.1. The maximum absolute atomic E-state index is 12.8. The highest BCUT2D eigenvalue weighted by molar-refractivity contribution is 7.99. The highest BCUT2D eigenvalue weighted by Crippen LogP contribution is 2.41. The second-order valence-electron chi connectivity index (χ2n) is 7.67. The van der Waals surface area contributed by atoms with Crippen molar-refractivity contribution in [2.75, 3.05) is 63.6 Å². The molecule has 1 saturated heterocycles. The highest BCUT2D eigenvalue weighted by atomic mass is 32.2. The van der Waals surface area contributed by atoms with E-state index in [9.17, 15) is 9.59 Å². The molecule has 8 heteroatoms. The lowest BCUT2D eigenvalue weighted by Crippen LogP contribution is -2.47. The molecule has 1 fully saturated rings. The van der Waals surface area contributed by atoms with E-state index in [-0.39, 0.29) is 11.9 Å². The minimum Gasteiger partial charge on any atom is -0.337 e. The van der Waals surface area contributed by atoms with E-state index < -0.39 is 0 Å². The van der Waals surface area contributed by atoms with E-state index in [1.807, 2.05) is 42.5 Å². The minimum absolute atomic E-state index is 0.0503. The van der Waals surface area contributed by atoms with Gasteiger partial charge in [-0.25, -0.2) is 4.79 Å². The molecular weight excluding hydrogens is 398 g/mol. The predicted octanol–water partition coefficient (Wildman–Crippen LogP) is 2.80. The van der Waals surface area contributed by atoms with Crippen LogP contribution in [0.15, 0.2) is 52.3 Å². The first-order valence-corrected chi connectivity index (χ1v) is 11.0. The molecule has 2 aliphatic heterocycles. The van der Waals surface area contributed by atoms with E-state index in [2.05, 4.69) is 27.5 Å². The zero-order valence-corrected chi connectivity index (χ0v) is 18.2. The van der Waals surface area contributed by atoms with Gasteiger partial charge in [0, 0.05) is 61.8 Å². The van der Waals surface area contributed by atoms with Crippen molar-refractivity contribution in [3.8, 4) is 0 Å². The van der Waals surface area contributed by atoms with Crippen molar-refractivity contribution in [3.63, 3.8) is 0 Å². The summed E-state index contributed by atoms with van der Waals surface area (Å²) in [5.74, 6) is -0.0503. The number of benzene rings is 2. The molecule has 0 atom stereocenters. The van der Waals surface area contributed by atoms with Gasteiger partial charge in [-0.05, 0) is 37.4 Å². The van der Waals surface area contributed by atoms with Gasteiger partial charge in [0.1, 0.15) is 0 Å². The third-order valence-electron chi connectivity index (χ3n) is 5.53. The first-order valence-electron chi connectivity index (χ1n) is 10.2. The van der Waals surface area contributed by atoms with E-state index in [4.69, 9.17) is 0 Å². The molecular formula is C22H27N5O2S. The van der Waals surface area contributed by atoms with Crippen LogP contribution in [0.4, 0.5) is 16.2 Å². The molecule has 0 unspecified atom stereocenters. The van der Waals surface area contributed by atoms with Gasteiger partial charge in [-0.15, -0.1) is 0 Å². The van der Waals surface area contributed by atoms with Crippen molar-refractivity contribution in [2.45, 2.75) is 9.79 Å². The van der Waals surface area contributed by atoms with Crippen LogP contribution in [0.25, 0.3) is 0 Å². The molecule has 2 heterocycles. The fourth-order valence-electron chi connectivity index (χ4n) is 3.66. The van der Waals surface area contributed by atoms with Crippen molar-refractivity contribution >= 4 is 35.1 Å². The fourth-order valence-corrected chi connectivity index (χ4v) is 4.74. The molecule has 0 spiro atoms. The Morgan fingerprint density at radius 2 is 1.80 bits per heavy atom. The Morgan fingerprint density at radius 1 is 1.03 bits per heavy atom. The first-order chi connectivity index (χ1) is 14.5. The molecule has 0 saturated carbocycles. The monoisotopic (exact) mass is 425 g/mol. The molecule has 30 heavy (non-hydrogen) atoms. The van der Waals surface area contributed by atoms with Gasteiger partial charge in [-0.1, -0.05) is 23.9 Å². The molecule has 158 valence electrons. The molecule has 0 aliphatic carbocycles. The van der Waals surface area contributed by atoms with Crippen LogP contribution in [0, 0.1) is 0 Å². The average molecular weight is 426 g/mol. The Morgan fingerprint density at radius 3 is 2.60 bits per heavy atom. The number of hydrogen-bond donors (Lipinski definition) is 2. The minimum atomic E-state index is -0.234. The van der Waals surface area contributed by atoms with Crippen molar-refractivity contribution in [3.05, 3.63) is 48.0 Å². The van der Waals surface area contributed by atoms with Crippen LogP contribution in [0.3, 0.4) is 0 Å². The lowest BCUT2D eigenvalue weighted by Gasteiger charge is -2.32. The van der Waals surface area contributed by atoms with E-state index in [1.54, 1.807) is 23.7 Å². The number of rotatable bonds is 4. The maximum atomic E-state index is 12.8. The standard InChI is InChI=1S/C22H27N5O2S/c1-25-11-13-27(14-12-25)10-9-23-22(29)24-16-7-8-20-18(15-16)26(2)21(28)17-5-3-4-6-19(17)30-20/h3-8,15H,9-14H2,1-2H3,(H2,23,24,29). The Bertz CT molecular complexity index is 943. The van der Waals surface area contributed by atoms with E-state index in [0.717, 1.165) is 48.2 Å². The van der Waals surface area contributed by atoms with Gasteiger partial charge >= 0.3 is 6.03 Å². The molecule has 0 bridgehead atoms. The lowest BCUT2D eigenvalue weighted by atomic mass is 10.2. The van der Waals surface area contributed by atoms with Crippen LogP contribution in [-0.2, 0) is 0 Å². The van der Waals surface area contributed by atoms with Gasteiger partial charge in [0.2, 0.25) is 0 Å². The molecule has 2 aliphatic rings. The summed E-state index contributed by atoms with van der Waals surface area (Å²) in [6.45, 7) is 5.64. The second kappa shape index (κ2) is 9.07. The van der Waals surface area contributed by atoms with Crippen molar-refractivity contribution < 1.29 is 9.59 Å². The topological polar surface area (TPSA) is 67.9 Å². The summed E-state index contributed by atoms with van der Waals surface area (Å²) in [4.78, 5) is 33.4. The molecule has 0 radical (unpaired) electrons. The number of fused-ring (bicyclic) bond motifs is 2. The summed E-state index contributed by atoms with van der Waals surface area (Å²) >= 11 is 1.57. The number of nitrogens with one attached hydrogen (secondary N) is 2. The van der Waals surface area contributed by atoms with Gasteiger partial charge in [-0.3, -0.25) is 9.69 Å². The van der Waals surface area contributed by atoms with Crippen LogP contribution in [0.5, 0.6) is 0 Å². The number of carbonyl (C=O) groups excluding carboxylic acids is 2. The van der Waals surface area contributed by atoms with Crippen molar-refractivity contribution in [1.29, 1.82) is 0 Å². The number of anilines is 2. The third kappa shape index (κ3) is 4.61. The number of carbonyl (C=O) groups is 2. The van der Waals surface area contributed by atoms with Gasteiger partial charge < -0.3 is 20.4 Å². The Balaban J connectivity index is 1.37. The van der Waals surface area contributed by atoms with Gasteiger partial charge in [-0.2, -0.15) is 0 Å². The number of amides is 3. The zero-order valence-electron chi connectivity index (χ0n) is 17.4. The predicted molar refractivity (Wildman–Crippen MR) is 121 cm³/mol. The summed E-state index contributed by atoms with van der Waals surface area (Å²) in [7, 11) is 3.90.